The van der Waals surface area contributed by atoms with Crippen molar-refractivity contribution in [1.29, 1.82) is 0 Å². The van der Waals surface area contributed by atoms with Gasteiger partial charge in [0.15, 0.2) is 0 Å². The molecule has 1 unspecified atom stereocenters. The molecule has 0 aliphatic carbocycles. The number of hydrogen-bond donors (Lipinski definition) is 3. The Hall–Kier alpha value is -0.960. The molecule has 0 radical (unpaired) electrons. The second kappa shape index (κ2) is 6.98. The van der Waals surface area contributed by atoms with Crippen molar-refractivity contribution < 1.29 is 19.4 Å². The van der Waals surface area contributed by atoms with E-state index in [1.54, 1.807) is 0 Å². The molecule has 4 N–H and O–H groups in total. The molecule has 0 aromatic rings. The molecule has 144 valence electrons. The number of thioether (sulfide) groups is 1. The number of carbonyl (C=O) groups is 1. The van der Waals surface area contributed by atoms with E-state index in [1.165, 1.54) is 11.8 Å². The highest BCUT2D eigenvalue weighted by Crippen LogP contribution is 2.43. The number of nitrogens with two attached hydrogens (primary N) is 1. The Kier molecular flexibility index (Phi) is 5.68. The second-order valence-corrected chi connectivity index (χ2v) is 9.43. The van der Waals surface area contributed by atoms with Crippen LogP contribution in [0.15, 0.2) is 11.2 Å². The highest BCUT2D eigenvalue weighted by molar-refractivity contribution is 8.03. The van der Waals surface area contributed by atoms with Crippen LogP contribution in [0, 0.1) is 5.92 Å². The van der Waals surface area contributed by atoms with Crippen LogP contribution in [0.4, 0.5) is 4.79 Å². The highest BCUT2D eigenvalue weighted by atomic mass is 32.2. The number of amides is 1. The molecule has 0 bridgehead atoms. The van der Waals surface area contributed by atoms with Crippen LogP contribution in [-0.4, -0.2) is 58.5 Å². The first-order valence-corrected chi connectivity index (χ1v) is 9.44. The van der Waals surface area contributed by atoms with Gasteiger partial charge in [-0.2, -0.15) is 0 Å². The first kappa shape index (κ1) is 20.4. The van der Waals surface area contributed by atoms with Crippen LogP contribution < -0.4 is 11.1 Å². The van der Waals surface area contributed by atoms with Crippen LogP contribution in [0.2, 0.25) is 0 Å². The largest absolute Gasteiger partial charge is 0.444 e. The number of aliphatic hydroxyl groups is 1. The number of likely N-dealkylation sites (N-methyl/N-ethyl adjacent to an activating group) is 1. The average Bonchev–Trinajstić information content (AvgIpc) is 2.81. The Balaban J connectivity index is 2.06. The summed E-state index contributed by atoms with van der Waals surface area (Å²) in [7, 11) is 1.87. The fourth-order valence-electron chi connectivity index (χ4n) is 3.23. The van der Waals surface area contributed by atoms with Gasteiger partial charge in [-0.3, -0.25) is 5.32 Å². The summed E-state index contributed by atoms with van der Waals surface area (Å²) >= 11 is 1.52. The lowest BCUT2D eigenvalue weighted by Crippen LogP contribution is -2.67. The van der Waals surface area contributed by atoms with E-state index < -0.39 is 17.2 Å². The first-order chi connectivity index (χ1) is 11.4. The molecule has 1 fully saturated rings. The maximum absolute atomic E-state index is 12.0. The standard InChI is InChI=1S/C17H31N3O4S/c1-15(2,3)24-14(22)19-12-9-25-13(20(12)6)17(18)10-23-16(4,5)7-11(17)8-21/h9,11,13,21H,7-8,10,18H2,1-6H3,(H,19,22)/t11-,13?,17-/m0/s1. The number of nitrogens with zero attached hydrogens (tertiary/aromatic N) is 1. The van der Waals surface area contributed by atoms with Crippen LogP contribution in [0.5, 0.6) is 0 Å². The molecule has 1 saturated heterocycles. The quantitative estimate of drug-likeness (QED) is 0.694. The molecule has 8 heteroatoms. The summed E-state index contributed by atoms with van der Waals surface area (Å²) in [6, 6.07) is 0. The van der Waals surface area contributed by atoms with E-state index in [0.29, 0.717) is 18.8 Å². The van der Waals surface area contributed by atoms with Gasteiger partial charge in [0.25, 0.3) is 0 Å². The number of alkyl carbamates (subject to hydrolysis) is 1. The summed E-state index contributed by atoms with van der Waals surface area (Å²) in [6.07, 6.45) is 0.178. The van der Waals surface area contributed by atoms with Gasteiger partial charge in [-0.05, 0) is 41.0 Å². The minimum Gasteiger partial charge on any atom is -0.444 e. The van der Waals surface area contributed by atoms with Crippen LogP contribution in [0.25, 0.3) is 0 Å². The summed E-state index contributed by atoms with van der Waals surface area (Å²) < 4.78 is 11.2. The SMILES string of the molecule is CN1C(NC(=O)OC(C)(C)C)=CSC1[C@]1(N)COC(C)(C)C[C@H]1CO. The molecular weight excluding hydrogens is 342 g/mol. The average molecular weight is 374 g/mol. The molecule has 0 aromatic carbocycles. The summed E-state index contributed by atoms with van der Waals surface area (Å²) in [5.41, 5.74) is 5.11. The summed E-state index contributed by atoms with van der Waals surface area (Å²) in [5, 5.41) is 14.4. The highest BCUT2D eigenvalue weighted by Gasteiger charge is 2.52. The predicted octanol–water partition coefficient (Wildman–Crippen LogP) is 1.82. The van der Waals surface area contributed by atoms with Gasteiger partial charge in [-0.25, -0.2) is 4.79 Å². The van der Waals surface area contributed by atoms with Gasteiger partial charge in [0.05, 0.1) is 17.7 Å². The summed E-state index contributed by atoms with van der Waals surface area (Å²) in [4.78, 5) is 13.9. The van der Waals surface area contributed by atoms with E-state index in [2.05, 4.69) is 5.32 Å². The van der Waals surface area contributed by atoms with E-state index in [0.717, 1.165) is 0 Å². The second-order valence-electron chi connectivity index (χ2n) is 8.47. The Morgan fingerprint density at radius 3 is 2.76 bits per heavy atom. The molecule has 3 atom stereocenters. The van der Waals surface area contributed by atoms with E-state index in [-0.39, 0.29) is 23.5 Å². The smallest absolute Gasteiger partial charge is 0.413 e. The molecule has 0 spiro atoms. The normalized spacial score (nSPS) is 32.3. The van der Waals surface area contributed by atoms with E-state index in [9.17, 15) is 9.90 Å². The Morgan fingerprint density at radius 2 is 2.20 bits per heavy atom. The Labute approximate surface area is 154 Å². The van der Waals surface area contributed by atoms with Gasteiger partial charge in [0.1, 0.15) is 16.8 Å². The summed E-state index contributed by atoms with van der Waals surface area (Å²) in [6.45, 7) is 9.82. The van der Waals surface area contributed by atoms with Crippen molar-refractivity contribution in [3.63, 3.8) is 0 Å². The van der Waals surface area contributed by atoms with Crippen LogP contribution in [-0.2, 0) is 9.47 Å². The minimum absolute atomic E-state index is 0.00299. The lowest BCUT2D eigenvalue weighted by molar-refractivity contribution is -0.128. The van der Waals surface area contributed by atoms with E-state index in [4.69, 9.17) is 15.2 Å². The number of rotatable bonds is 3. The third-order valence-electron chi connectivity index (χ3n) is 4.56. The Morgan fingerprint density at radius 1 is 1.56 bits per heavy atom. The fraction of sp³-hybridized carbons (Fsp3) is 0.824. The number of ether oxygens (including phenoxy) is 2. The third kappa shape index (κ3) is 4.61. The molecule has 2 aliphatic rings. The van der Waals surface area contributed by atoms with Gasteiger partial charge < -0.3 is 25.2 Å². The Bertz CT molecular complexity index is 547. The van der Waals surface area contributed by atoms with Crippen molar-refractivity contribution in [3.05, 3.63) is 11.2 Å². The molecule has 0 aromatic heterocycles. The number of aliphatic hydroxyl groups excluding tert-OH is 1. The van der Waals surface area contributed by atoms with Crippen molar-refractivity contribution >= 4 is 17.9 Å². The number of hydrogen-bond acceptors (Lipinski definition) is 7. The lowest BCUT2D eigenvalue weighted by atomic mass is 9.76. The summed E-state index contributed by atoms with van der Waals surface area (Å²) in [5.74, 6) is 0.543. The zero-order valence-electron chi connectivity index (χ0n) is 16.0. The predicted molar refractivity (Wildman–Crippen MR) is 98.7 cm³/mol. The third-order valence-corrected chi connectivity index (χ3v) is 5.93. The van der Waals surface area contributed by atoms with Gasteiger partial charge in [0.2, 0.25) is 0 Å². The van der Waals surface area contributed by atoms with Crippen molar-refractivity contribution in [2.24, 2.45) is 11.7 Å². The maximum atomic E-state index is 12.0. The van der Waals surface area contributed by atoms with E-state index >= 15 is 0 Å². The minimum atomic E-state index is -0.725. The van der Waals surface area contributed by atoms with Crippen molar-refractivity contribution in [1.82, 2.24) is 10.2 Å². The molecule has 2 rings (SSSR count). The molecule has 25 heavy (non-hydrogen) atoms. The van der Waals surface area contributed by atoms with Crippen molar-refractivity contribution in [2.75, 3.05) is 20.3 Å². The molecule has 7 nitrogen and oxygen atoms in total. The zero-order chi connectivity index (χ0) is 19.0. The molecule has 1 amide bonds. The topological polar surface area (TPSA) is 97.1 Å². The van der Waals surface area contributed by atoms with Crippen molar-refractivity contribution in [2.45, 2.75) is 63.2 Å². The fourth-order valence-corrected chi connectivity index (χ4v) is 4.52. The van der Waals surface area contributed by atoms with Crippen LogP contribution >= 0.6 is 11.8 Å². The maximum Gasteiger partial charge on any atom is 0.413 e. The first-order valence-electron chi connectivity index (χ1n) is 8.50. The van der Waals surface area contributed by atoms with Gasteiger partial charge in [0, 0.05) is 25.0 Å². The monoisotopic (exact) mass is 373 g/mol. The lowest BCUT2D eigenvalue weighted by Gasteiger charge is -2.51. The molecule has 0 saturated carbocycles. The van der Waals surface area contributed by atoms with E-state index in [1.807, 2.05) is 52.0 Å². The number of nitrogens with one attached hydrogen (secondary N) is 1. The molecular formula is C17H31N3O4S. The van der Waals surface area contributed by atoms with Crippen molar-refractivity contribution in [3.8, 4) is 0 Å². The van der Waals surface area contributed by atoms with Gasteiger partial charge in [-0.1, -0.05) is 0 Å². The molecule has 2 aliphatic heterocycles. The van der Waals surface area contributed by atoms with Gasteiger partial charge >= 0.3 is 6.09 Å². The molecule has 2 heterocycles. The van der Waals surface area contributed by atoms with Crippen LogP contribution in [0.3, 0.4) is 0 Å². The van der Waals surface area contributed by atoms with Crippen LogP contribution in [0.1, 0.15) is 41.0 Å². The zero-order valence-corrected chi connectivity index (χ0v) is 16.8. The van der Waals surface area contributed by atoms with Gasteiger partial charge in [-0.15, -0.1) is 11.8 Å². The number of carbonyl (C=O) groups excluding carboxylic acids is 1.